The van der Waals surface area contributed by atoms with Crippen LogP contribution in [0.15, 0.2) is 10.6 Å². The molecule has 3 N–H and O–H groups in total. The van der Waals surface area contributed by atoms with Gasteiger partial charge in [0.1, 0.15) is 0 Å². The van der Waals surface area contributed by atoms with E-state index in [9.17, 15) is 4.79 Å². The summed E-state index contributed by atoms with van der Waals surface area (Å²) in [6.45, 7) is 12.3. The Hall–Kier alpha value is -1.66. The number of aryl methyl sites for hydroxylation is 1. The Bertz CT molecular complexity index is 727. The van der Waals surface area contributed by atoms with Crippen molar-refractivity contribution in [2.75, 3.05) is 6.54 Å². The van der Waals surface area contributed by atoms with Crippen molar-refractivity contribution in [1.82, 2.24) is 15.5 Å². The molecule has 2 rings (SSSR count). The lowest BCUT2D eigenvalue weighted by molar-refractivity contribution is 0.0884. The first-order valence-electron chi connectivity index (χ1n) is 7.99. The summed E-state index contributed by atoms with van der Waals surface area (Å²) in [6.07, 6.45) is 0. The normalized spacial score (nSPS) is 13.9. The van der Waals surface area contributed by atoms with Gasteiger partial charge in [-0.2, -0.15) is 0 Å². The molecule has 0 spiro atoms. The lowest BCUT2D eigenvalue weighted by Crippen LogP contribution is -2.55. The van der Waals surface area contributed by atoms with E-state index in [0.29, 0.717) is 28.9 Å². The third kappa shape index (κ3) is 3.70. The van der Waals surface area contributed by atoms with E-state index in [1.807, 2.05) is 47.6 Å². The van der Waals surface area contributed by atoms with Gasteiger partial charge in [-0.05, 0) is 31.7 Å². The van der Waals surface area contributed by atoms with Gasteiger partial charge in [0.15, 0.2) is 0 Å². The largest absolute Gasteiger partial charge is 0.345 e. The fourth-order valence-electron chi connectivity index (χ4n) is 2.35. The summed E-state index contributed by atoms with van der Waals surface area (Å²) in [5.41, 5.74) is 7.80. The second-order valence-electron chi connectivity index (χ2n) is 6.93. The maximum Gasteiger partial charge on any atom is 0.259 e. The Morgan fingerprint density at radius 2 is 2.00 bits per heavy atom. The molecule has 7 heteroatoms. The molecule has 0 radical (unpaired) electrons. The standard InChI is InChI=1S/C17H26N4O2.ClH/c1-9(2)13-7-12(14-11(5)21-23-16(14)19-13)15(22)20-17(6,8-18)10(3)4;/h7,9-10H,8,18H2,1-6H3,(H,20,22);1H. The summed E-state index contributed by atoms with van der Waals surface area (Å²) < 4.78 is 5.27. The second kappa shape index (κ2) is 7.49. The number of halogens is 1. The summed E-state index contributed by atoms with van der Waals surface area (Å²) in [6, 6.07) is 1.82. The molecule has 2 heterocycles. The zero-order valence-corrected chi connectivity index (χ0v) is 16.0. The SMILES string of the molecule is Cc1noc2nc(C(C)C)cc(C(=O)NC(C)(CN)C(C)C)c12.Cl. The number of amides is 1. The lowest BCUT2D eigenvalue weighted by Gasteiger charge is -2.33. The van der Waals surface area contributed by atoms with E-state index in [2.05, 4.69) is 15.5 Å². The van der Waals surface area contributed by atoms with Crippen LogP contribution in [0.4, 0.5) is 0 Å². The number of rotatable bonds is 5. The molecule has 1 atom stereocenters. The summed E-state index contributed by atoms with van der Waals surface area (Å²) in [4.78, 5) is 17.4. The number of aromatic nitrogens is 2. The minimum atomic E-state index is -0.476. The number of nitrogens with two attached hydrogens (primary N) is 1. The van der Waals surface area contributed by atoms with Crippen molar-refractivity contribution in [3.8, 4) is 0 Å². The van der Waals surface area contributed by atoms with Crippen LogP contribution in [0.3, 0.4) is 0 Å². The maximum atomic E-state index is 12.9. The van der Waals surface area contributed by atoms with Gasteiger partial charge in [-0.1, -0.05) is 32.9 Å². The van der Waals surface area contributed by atoms with Crippen LogP contribution in [-0.2, 0) is 0 Å². The van der Waals surface area contributed by atoms with Crippen LogP contribution >= 0.6 is 12.4 Å². The molecule has 0 aliphatic carbocycles. The predicted octanol–water partition coefficient (Wildman–Crippen LogP) is 3.18. The molecule has 24 heavy (non-hydrogen) atoms. The summed E-state index contributed by atoms with van der Waals surface area (Å²) >= 11 is 0. The highest BCUT2D eigenvalue weighted by molar-refractivity contribution is 6.06. The fourth-order valence-corrected chi connectivity index (χ4v) is 2.35. The third-order valence-corrected chi connectivity index (χ3v) is 4.57. The first-order valence-corrected chi connectivity index (χ1v) is 7.99. The maximum absolute atomic E-state index is 12.9. The van der Waals surface area contributed by atoms with Crippen molar-refractivity contribution < 1.29 is 9.32 Å². The Morgan fingerprint density at radius 3 is 2.50 bits per heavy atom. The van der Waals surface area contributed by atoms with Gasteiger partial charge in [-0.3, -0.25) is 4.79 Å². The molecule has 0 aliphatic heterocycles. The van der Waals surface area contributed by atoms with Crippen LogP contribution < -0.4 is 11.1 Å². The van der Waals surface area contributed by atoms with Gasteiger partial charge in [0.05, 0.1) is 22.2 Å². The van der Waals surface area contributed by atoms with Gasteiger partial charge in [0, 0.05) is 12.2 Å². The Balaban J connectivity index is 0.00000288. The number of nitrogens with one attached hydrogen (secondary N) is 1. The van der Waals surface area contributed by atoms with Crippen molar-refractivity contribution in [2.24, 2.45) is 11.7 Å². The van der Waals surface area contributed by atoms with Crippen LogP contribution in [0.2, 0.25) is 0 Å². The molecule has 0 aliphatic rings. The molecule has 0 fully saturated rings. The number of fused-ring (bicyclic) bond motifs is 1. The highest BCUT2D eigenvalue weighted by Crippen LogP contribution is 2.26. The van der Waals surface area contributed by atoms with Crippen LogP contribution in [0.5, 0.6) is 0 Å². The number of carbonyl (C=O) groups is 1. The molecule has 0 bridgehead atoms. The average Bonchev–Trinajstić information content (AvgIpc) is 2.87. The Morgan fingerprint density at radius 1 is 1.38 bits per heavy atom. The van der Waals surface area contributed by atoms with Crippen LogP contribution in [0.1, 0.15) is 62.3 Å². The molecule has 0 saturated heterocycles. The topological polar surface area (TPSA) is 94.0 Å². The lowest BCUT2D eigenvalue weighted by atomic mass is 9.88. The van der Waals surface area contributed by atoms with Crippen molar-refractivity contribution in [3.63, 3.8) is 0 Å². The second-order valence-corrected chi connectivity index (χ2v) is 6.93. The summed E-state index contributed by atoms with van der Waals surface area (Å²) in [5, 5.41) is 7.68. The van der Waals surface area contributed by atoms with E-state index in [4.69, 9.17) is 10.3 Å². The Labute approximate surface area is 149 Å². The van der Waals surface area contributed by atoms with Gasteiger partial charge in [-0.25, -0.2) is 4.98 Å². The van der Waals surface area contributed by atoms with Crippen molar-refractivity contribution in [2.45, 2.75) is 53.0 Å². The van der Waals surface area contributed by atoms with E-state index < -0.39 is 5.54 Å². The molecular formula is C17H27ClN4O2. The van der Waals surface area contributed by atoms with Crippen LogP contribution in [0, 0.1) is 12.8 Å². The fraction of sp³-hybridized carbons (Fsp3) is 0.588. The minimum Gasteiger partial charge on any atom is -0.345 e. The molecule has 0 saturated carbocycles. The van der Waals surface area contributed by atoms with Gasteiger partial charge in [0.2, 0.25) is 0 Å². The molecule has 0 aromatic carbocycles. The zero-order valence-electron chi connectivity index (χ0n) is 15.1. The van der Waals surface area contributed by atoms with Crippen molar-refractivity contribution in [3.05, 3.63) is 23.0 Å². The van der Waals surface area contributed by atoms with E-state index in [1.165, 1.54) is 0 Å². The molecular weight excluding hydrogens is 328 g/mol. The number of carbonyl (C=O) groups excluding carboxylic acids is 1. The van der Waals surface area contributed by atoms with E-state index in [0.717, 1.165) is 5.69 Å². The van der Waals surface area contributed by atoms with E-state index in [1.54, 1.807) is 0 Å². The number of pyridine rings is 1. The van der Waals surface area contributed by atoms with Gasteiger partial charge >= 0.3 is 0 Å². The molecule has 2 aromatic heterocycles. The summed E-state index contributed by atoms with van der Waals surface area (Å²) in [7, 11) is 0. The molecule has 2 aromatic rings. The predicted molar refractivity (Wildman–Crippen MR) is 97.6 cm³/mol. The van der Waals surface area contributed by atoms with Crippen molar-refractivity contribution in [1.29, 1.82) is 0 Å². The van der Waals surface area contributed by atoms with Gasteiger partial charge < -0.3 is 15.6 Å². The molecule has 134 valence electrons. The highest BCUT2D eigenvalue weighted by atomic mass is 35.5. The minimum absolute atomic E-state index is 0. The number of hydrogen-bond donors (Lipinski definition) is 2. The highest BCUT2D eigenvalue weighted by Gasteiger charge is 2.30. The average molecular weight is 355 g/mol. The first kappa shape index (κ1) is 20.4. The summed E-state index contributed by atoms with van der Waals surface area (Å²) in [5.74, 6) is 0.219. The quantitative estimate of drug-likeness (QED) is 0.859. The zero-order chi connectivity index (χ0) is 17.4. The van der Waals surface area contributed by atoms with Crippen LogP contribution in [-0.4, -0.2) is 28.1 Å². The van der Waals surface area contributed by atoms with Crippen molar-refractivity contribution >= 4 is 29.4 Å². The molecule has 1 amide bonds. The third-order valence-electron chi connectivity index (χ3n) is 4.57. The van der Waals surface area contributed by atoms with E-state index >= 15 is 0 Å². The molecule has 1 unspecified atom stereocenters. The van der Waals surface area contributed by atoms with Gasteiger partial charge in [-0.15, -0.1) is 12.4 Å². The number of nitrogens with zero attached hydrogens (tertiary/aromatic N) is 2. The smallest absolute Gasteiger partial charge is 0.259 e. The van der Waals surface area contributed by atoms with Crippen LogP contribution in [0.25, 0.3) is 11.1 Å². The first-order chi connectivity index (χ1) is 10.7. The Kier molecular flexibility index (Phi) is 6.36. The van der Waals surface area contributed by atoms with E-state index in [-0.39, 0.29) is 30.2 Å². The monoisotopic (exact) mass is 354 g/mol. The number of hydrogen-bond acceptors (Lipinski definition) is 5. The molecule has 6 nitrogen and oxygen atoms in total. The van der Waals surface area contributed by atoms with Gasteiger partial charge in [0.25, 0.3) is 11.6 Å².